The van der Waals surface area contributed by atoms with Gasteiger partial charge in [0.15, 0.2) is 0 Å². The Bertz CT molecular complexity index is 1250. The second-order valence-electron chi connectivity index (χ2n) is 11.1. The maximum atomic E-state index is 13.4. The van der Waals surface area contributed by atoms with E-state index in [9.17, 15) is 18.0 Å². The van der Waals surface area contributed by atoms with E-state index in [2.05, 4.69) is 14.9 Å². The fourth-order valence-electron chi connectivity index (χ4n) is 5.02. The first-order valence-electron chi connectivity index (χ1n) is 12.9. The van der Waals surface area contributed by atoms with Crippen LogP contribution in [0.4, 0.5) is 10.5 Å². The maximum Gasteiger partial charge on any atom is 0.410 e. The Hall–Kier alpha value is -2.69. The molecule has 2 heterocycles. The number of carbonyl (C=O) groups excluding carboxylic acids is 2. The molecule has 0 aromatic heterocycles. The average Bonchev–Trinajstić information content (AvgIpc) is 2.83. The minimum atomic E-state index is -3.83. The number of anilines is 1. The number of nitrogens with zero attached hydrogens (tertiary/aromatic N) is 2. The Morgan fingerprint density at radius 1 is 0.973 bits per heavy atom. The molecule has 2 aliphatic rings. The zero-order valence-electron chi connectivity index (χ0n) is 22.1. The fourth-order valence-corrected chi connectivity index (χ4v) is 6.54. The van der Waals surface area contributed by atoms with Crippen LogP contribution in [-0.2, 0) is 19.6 Å². The number of fused-ring (bicyclic) bond motifs is 1. The summed E-state index contributed by atoms with van der Waals surface area (Å²) >= 11 is 0. The summed E-state index contributed by atoms with van der Waals surface area (Å²) in [4.78, 5) is 29.2. The van der Waals surface area contributed by atoms with Gasteiger partial charge in [-0.2, -0.15) is 0 Å². The predicted molar refractivity (Wildman–Crippen MR) is 144 cm³/mol. The number of piperidine rings is 2. The number of hydrogen-bond donors (Lipinski definition) is 2. The van der Waals surface area contributed by atoms with Crippen LogP contribution >= 0.6 is 0 Å². The third-order valence-electron chi connectivity index (χ3n) is 6.90. The molecule has 2 aliphatic heterocycles. The van der Waals surface area contributed by atoms with Crippen LogP contribution in [0.3, 0.4) is 0 Å². The smallest absolute Gasteiger partial charge is 0.410 e. The average molecular weight is 531 g/mol. The Morgan fingerprint density at radius 2 is 1.65 bits per heavy atom. The molecular formula is C27H38N4O5S. The van der Waals surface area contributed by atoms with E-state index in [0.29, 0.717) is 48.9 Å². The fraction of sp³-hybridized carbons (Fsp3) is 0.556. The lowest BCUT2D eigenvalue weighted by molar-refractivity contribution is -0.121. The predicted octanol–water partition coefficient (Wildman–Crippen LogP) is 3.80. The van der Waals surface area contributed by atoms with Crippen molar-refractivity contribution < 1.29 is 22.7 Å². The zero-order valence-corrected chi connectivity index (χ0v) is 22.9. The van der Waals surface area contributed by atoms with Crippen LogP contribution in [0.5, 0.6) is 0 Å². The number of benzene rings is 2. The SMILES string of the molecule is CN1CCCC(C(=O)Nc2ccc(S(=O)(=O)NC3CCN(C(=O)OC(C)(C)C)CC3)c3ccccc23)C1. The van der Waals surface area contributed by atoms with E-state index >= 15 is 0 Å². The molecule has 2 aromatic rings. The van der Waals surface area contributed by atoms with E-state index in [1.807, 2.05) is 40.0 Å². The van der Waals surface area contributed by atoms with Crippen LogP contribution in [0.1, 0.15) is 46.5 Å². The molecule has 2 N–H and O–H groups in total. The summed E-state index contributed by atoms with van der Waals surface area (Å²) < 4.78 is 35.1. The highest BCUT2D eigenvalue weighted by molar-refractivity contribution is 7.89. The molecule has 0 aliphatic carbocycles. The third kappa shape index (κ3) is 6.80. The first-order chi connectivity index (χ1) is 17.4. The number of likely N-dealkylation sites (tertiary alicyclic amines) is 2. The molecule has 202 valence electrons. The van der Waals surface area contributed by atoms with Crippen molar-refractivity contribution in [2.24, 2.45) is 5.92 Å². The Balaban J connectivity index is 1.47. The van der Waals surface area contributed by atoms with Crippen LogP contribution < -0.4 is 10.0 Å². The van der Waals surface area contributed by atoms with Crippen molar-refractivity contribution in [1.82, 2.24) is 14.5 Å². The molecule has 2 fully saturated rings. The molecule has 1 unspecified atom stereocenters. The van der Waals surface area contributed by atoms with Crippen LogP contribution in [0, 0.1) is 5.92 Å². The monoisotopic (exact) mass is 530 g/mol. The summed E-state index contributed by atoms with van der Waals surface area (Å²) in [5, 5.41) is 4.27. The Labute approximate surface area is 219 Å². The van der Waals surface area contributed by atoms with Gasteiger partial charge in [0.25, 0.3) is 0 Å². The summed E-state index contributed by atoms with van der Waals surface area (Å²) in [6.07, 6.45) is 2.45. The van der Waals surface area contributed by atoms with Gasteiger partial charge in [-0.3, -0.25) is 4.79 Å². The van der Waals surface area contributed by atoms with Crippen LogP contribution in [0.2, 0.25) is 0 Å². The van der Waals surface area contributed by atoms with Gasteiger partial charge >= 0.3 is 6.09 Å². The van der Waals surface area contributed by atoms with E-state index < -0.39 is 15.6 Å². The normalized spacial score (nSPS) is 20.1. The standard InChI is InChI=1S/C27H38N4O5S/c1-27(2,3)36-26(33)31-16-13-20(14-17-31)29-37(34,35)24-12-11-23(21-9-5-6-10-22(21)24)28-25(32)19-8-7-15-30(4)18-19/h5-6,9-12,19-20,29H,7-8,13-18H2,1-4H3,(H,28,32). The molecule has 0 saturated carbocycles. The first kappa shape index (κ1) is 27.3. The van der Waals surface area contributed by atoms with Crippen molar-refractivity contribution in [3.8, 4) is 0 Å². The molecule has 0 radical (unpaired) electrons. The topological polar surface area (TPSA) is 108 Å². The van der Waals surface area contributed by atoms with E-state index in [4.69, 9.17) is 4.74 Å². The molecule has 4 rings (SSSR count). The second kappa shape index (κ2) is 11.0. The summed E-state index contributed by atoms with van der Waals surface area (Å²) in [5.74, 6) is -0.128. The maximum absolute atomic E-state index is 13.4. The van der Waals surface area contributed by atoms with Gasteiger partial charge in [0.1, 0.15) is 5.60 Å². The molecule has 2 aromatic carbocycles. The lowest BCUT2D eigenvalue weighted by Crippen LogP contribution is -2.47. The number of carbonyl (C=O) groups is 2. The highest BCUT2D eigenvalue weighted by Gasteiger charge is 2.30. The number of amides is 2. The van der Waals surface area contributed by atoms with E-state index in [-0.39, 0.29) is 28.9 Å². The van der Waals surface area contributed by atoms with Gasteiger partial charge in [0, 0.05) is 42.1 Å². The van der Waals surface area contributed by atoms with Crippen molar-refractivity contribution in [2.75, 3.05) is 38.5 Å². The number of sulfonamides is 1. The van der Waals surface area contributed by atoms with Gasteiger partial charge in [-0.15, -0.1) is 0 Å². The van der Waals surface area contributed by atoms with Crippen LogP contribution in [0.15, 0.2) is 41.3 Å². The molecule has 10 heteroatoms. The Morgan fingerprint density at radius 3 is 2.30 bits per heavy atom. The lowest BCUT2D eigenvalue weighted by atomic mass is 9.97. The molecule has 9 nitrogen and oxygen atoms in total. The summed E-state index contributed by atoms with van der Waals surface area (Å²) in [6, 6.07) is 10.2. The zero-order chi connectivity index (χ0) is 26.8. The summed E-state index contributed by atoms with van der Waals surface area (Å²) in [5.41, 5.74) is 0.0352. The second-order valence-corrected chi connectivity index (χ2v) is 12.8. The van der Waals surface area contributed by atoms with E-state index in [1.54, 1.807) is 29.2 Å². The number of ether oxygens (including phenoxy) is 1. The Kier molecular flexibility index (Phi) is 8.11. The number of rotatable bonds is 5. The van der Waals surface area contributed by atoms with Gasteiger partial charge in [0.05, 0.1) is 10.8 Å². The highest BCUT2D eigenvalue weighted by Crippen LogP contribution is 2.31. The highest BCUT2D eigenvalue weighted by atomic mass is 32.2. The minimum Gasteiger partial charge on any atom is -0.444 e. The van der Waals surface area contributed by atoms with E-state index in [0.717, 1.165) is 19.4 Å². The molecule has 2 saturated heterocycles. The number of nitrogens with one attached hydrogen (secondary N) is 2. The minimum absolute atomic E-state index is 0.0396. The van der Waals surface area contributed by atoms with Gasteiger partial charge in [0.2, 0.25) is 15.9 Å². The van der Waals surface area contributed by atoms with Crippen molar-refractivity contribution in [3.63, 3.8) is 0 Å². The lowest BCUT2D eigenvalue weighted by Gasteiger charge is -2.33. The van der Waals surface area contributed by atoms with Crippen molar-refractivity contribution in [3.05, 3.63) is 36.4 Å². The first-order valence-corrected chi connectivity index (χ1v) is 14.4. The summed E-state index contributed by atoms with van der Waals surface area (Å²) in [7, 11) is -1.81. The molecule has 0 bridgehead atoms. The molecule has 2 amide bonds. The number of hydrogen-bond acceptors (Lipinski definition) is 6. The summed E-state index contributed by atoms with van der Waals surface area (Å²) in [6.45, 7) is 8.01. The molecule has 1 atom stereocenters. The van der Waals surface area contributed by atoms with Gasteiger partial charge in [-0.1, -0.05) is 24.3 Å². The van der Waals surface area contributed by atoms with E-state index in [1.165, 1.54) is 0 Å². The quantitative estimate of drug-likeness (QED) is 0.609. The van der Waals surface area contributed by atoms with Crippen molar-refractivity contribution in [1.29, 1.82) is 0 Å². The van der Waals surface area contributed by atoms with Crippen LogP contribution in [-0.4, -0.2) is 75.1 Å². The largest absolute Gasteiger partial charge is 0.444 e. The molecular weight excluding hydrogens is 492 g/mol. The van der Waals surface area contributed by atoms with Crippen LogP contribution in [0.25, 0.3) is 10.8 Å². The van der Waals surface area contributed by atoms with Gasteiger partial charge < -0.3 is 19.9 Å². The molecule has 37 heavy (non-hydrogen) atoms. The van der Waals surface area contributed by atoms with Crippen molar-refractivity contribution >= 4 is 38.5 Å². The van der Waals surface area contributed by atoms with Gasteiger partial charge in [-0.25, -0.2) is 17.9 Å². The van der Waals surface area contributed by atoms with Crippen molar-refractivity contribution in [2.45, 2.75) is 63.0 Å². The molecule has 0 spiro atoms. The van der Waals surface area contributed by atoms with Gasteiger partial charge in [-0.05, 0) is 72.2 Å². The third-order valence-corrected chi connectivity index (χ3v) is 8.47.